The van der Waals surface area contributed by atoms with Crippen LogP contribution in [0.1, 0.15) is 5.56 Å². The highest BCUT2D eigenvalue weighted by molar-refractivity contribution is 6.11. The summed E-state index contributed by atoms with van der Waals surface area (Å²) in [5.41, 5.74) is 9.11. The van der Waals surface area contributed by atoms with Gasteiger partial charge in [-0.25, -0.2) is 0 Å². The van der Waals surface area contributed by atoms with E-state index in [0.29, 0.717) is 0 Å². The Morgan fingerprint density at radius 2 is 1.50 bits per heavy atom. The molecule has 0 radical (unpaired) electrons. The number of nitrogens with zero attached hydrogens (tertiary/aromatic N) is 2. The molecular formula is C39H26N2O. The van der Waals surface area contributed by atoms with E-state index >= 15 is 0 Å². The summed E-state index contributed by atoms with van der Waals surface area (Å²) < 4.78 is 8.66. The maximum Gasteiger partial charge on any atom is 0.135 e. The third kappa shape index (κ3) is 3.87. The summed E-state index contributed by atoms with van der Waals surface area (Å²) in [5, 5.41) is 4.61. The average molecular weight is 539 g/mol. The minimum Gasteiger partial charge on any atom is -0.456 e. The molecule has 5 aromatic carbocycles. The number of hydrogen-bond donors (Lipinski definition) is 0. The van der Waals surface area contributed by atoms with Crippen molar-refractivity contribution in [3.8, 4) is 39.4 Å². The summed E-state index contributed by atoms with van der Waals surface area (Å²) in [7, 11) is 0. The highest BCUT2D eigenvalue weighted by Crippen LogP contribution is 2.38. The first-order valence-electron chi connectivity index (χ1n) is 14.1. The van der Waals surface area contributed by atoms with Gasteiger partial charge in [0.15, 0.2) is 0 Å². The van der Waals surface area contributed by atoms with E-state index in [0.717, 1.165) is 49.9 Å². The van der Waals surface area contributed by atoms with Crippen LogP contribution in [0.2, 0.25) is 0 Å². The van der Waals surface area contributed by atoms with Crippen molar-refractivity contribution in [2.24, 2.45) is 0 Å². The predicted octanol–water partition coefficient (Wildman–Crippen LogP) is 8.41. The van der Waals surface area contributed by atoms with E-state index < -0.39 is 0 Å². The Balaban J connectivity index is 1.31. The van der Waals surface area contributed by atoms with Crippen molar-refractivity contribution in [3.05, 3.63) is 156 Å². The molecule has 0 bridgehead atoms. The Labute approximate surface area is 243 Å². The monoisotopic (exact) mass is 538 g/mol. The Hall–Kier alpha value is -5.67. The topological polar surface area (TPSA) is 27.1 Å². The van der Waals surface area contributed by atoms with Gasteiger partial charge in [-0.05, 0) is 71.0 Å². The van der Waals surface area contributed by atoms with E-state index in [4.69, 9.17) is 4.74 Å². The molecule has 0 aliphatic carbocycles. The molecule has 8 rings (SSSR count). The van der Waals surface area contributed by atoms with E-state index in [1.165, 1.54) is 27.4 Å². The van der Waals surface area contributed by atoms with Crippen LogP contribution in [0.3, 0.4) is 0 Å². The number of benzene rings is 5. The molecule has 3 heterocycles. The van der Waals surface area contributed by atoms with Crippen LogP contribution < -0.4 is 15.2 Å². The van der Waals surface area contributed by atoms with Crippen LogP contribution >= 0.6 is 0 Å². The van der Waals surface area contributed by atoms with E-state index in [1.54, 1.807) is 0 Å². The van der Waals surface area contributed by atoms with Crippen molar-refractivity contribution >= 4 is 34.0 Å². The molecule has 198 valence electrons. The number of para-hydroxylation sites is 2. The van der Waals surface area contributed by atoms with Crippen LogP contribution in [0, 0.1) is 0 Å². The molecule has 0 N–H and O–H groups in total. The van der Waals surface area contributed by atoms with Gasteiger partial charge in [0, 0.05) is 45.1 Å². The van der Waals surface area contributed by atoms with Crippen molar-refractivity contribution < 1.29 is 4.74 Å². The first kappa shape index (κ1) is 24.2. The van der Waals surface area contributed by atoms with Crippen molar-refractivity contribution in [1.29, 1.82) is 0 Å². The molecule has 3 heteroatoms. The summed E-state index contributed by atoms with van der Waals surface area (Å²) in [6.45, 7) is 3.88. The van der Waals surface area contributed by atoms with Gasteiger partial charge in [0.1, 0.15) is 11.5 Å². The molecular weight excluding hydrogens is 512 g/mol. The minimum atomic E-state index is 0.867. The summed E-state index contributed by atoms with van der Waals surface area (Å²) in [6, 6.07) is 40.7. The quantitative estimate of drug-likeness (QED) is 0.225. The van der Waals surface area contributed by atoms with Gasteiger partial charge in [-0.1, -0.05) is 85.5 Å². The van der Waals surface area contributed by atoms with Gasteiger partial charge in [0.25, 0.3) is 0 Å². The third-order valence-electron chi connectivity index (χ3n) is 8.05. The van der Waals surface area contributed by atoms with Gasteiger partial charge in [-0.15, -0.1) is 0 Å². The van der Waals surface area contributed by atoms with Crippen molar-refractivity contribution in [1.82, 2.24) is 9.55 Å². The molecule has 0 saturated heterocycles. The molecule has 2 aromatic heterocycles. The first-order valence-corrected chi connectivity index (χ1v) is 14.1. The van der Waals surface area contributed by atoms with Crippen molar-refractivity contribution in [2.45, 2.75) is 0 Å². The van der Waals surface area contributed by atoms with E-state index in [1.807, 2.05) is 42.7 Å². The highest BCUT2D eigenvalue weighted by Gasteiger charge is 2.17. The van der Waals surface area contributed by atoms with Crippen LogP contribution in [-0.4, -0.2) is 9.55 Å². The van der Waals surface area contributed by atoms with Gasteiger partial charge in [-0.3, -0.25) is 4.98 Å². The number of aromatic nitrogens is 2. The van der Waals surface area contributed by atoms with Crippen LogP contribution in [0.25, 0.3) is 61.9 Å². The normalized spacial score (nSPS) is 12.4. The minimum absolute atomic E-state index is 0.867. The number of hydrogen-bond acceptors (Lipinski definition) is 2. The first-order chi connectivity index (χ1) is 20.8. The molecule has 1 aliphatic rings. The van der Waals surface area contributed by atoms with Gasteiger partial charge in [-0.2, -0.15) is 0 Å². The van der Waals surface area contributed by atoms with Crippen LogP contribution in [0.4, 0.5) is 0 Å². The lowest BCUT2D eigenvalue weighted by atomic mass is 9.98. The summed E-state index contributed by atoms with van der Waals surface area (Å²) >= 11 is 0. The van der Waals surface area contributed by atoms with E-state index in [-0.39, 0.29) is 0 Å². The Bertz CT molecular complexity index is 2290. The standard InChI is InChI=1S/C39H26N2O/c1-2-9-26-10-7-16-39-33(26)24-30-22-27(18-20-38(30)42-39)28-17-19-37-34(23-28)32-13-4-6-15-36(32)41(37)35-14-5-3-12-31(35)29-11-8-21-40-25-29/h2-25H,1H2/b26-9-. The molecule has 0 atom stereocenters. The summed E-state index contributed by atoms with van der Waals surface area (Å²) in [5.74, 6) is 1.73. The van der Waals surface area contributed by atoms with E-state index in [9.17, 15) is 0 Å². The third-order valence-corrected chi connectivity index (χ3v) is 8.05. The van der Waals surface area contributed by atoms with Gasteiger partial charge in [0.05, 0.1) is 16.7 Å². The molecule has 0 spiro atoms. The molecule has 0 fully saturated rings. The molecule has 42 heavy (non-hydrogen) atoms. The highest BCUT2D eigenvalue weighted by atomic mass is 16.5. The number of fused-ring (bicyclic) bond motifs is 5. The fraction of sp³-hybridized carbons (Fsp3) is 0. The van der Waals surface area contributed by atoms with Gasteiger partial charge in [0.2, 0.25) is 0 Å². The Morgan fingerprint density at radius 1 is 0.667 bits per heavy atom. The zero-order valence-electron chi connectivity index (χ0n) is 22.9. The zero-order valence-corrected chi connectivity index (χ0v) is 22.9. The summed E-state index contributed by atoms with van der Waals surface area (Å²) in [6.07, 6.45) is 9.79. The van der Waals surface area contributed by atoms with Crippen molar-refractivity contribution in [2.75, 3.05) is 0 Å². The van der Waals surface area contributed by atoms with Crippen LogP contribution in [0.5, 0.6) is 11.5 Å². The molecule has 0 amide bonds. The van der Waals surface area contributed by atoms with Gasteiger partial charge >= 0.3 is 0 Å². The second-order valence-corrected chi connectivity index (χ2v) is 10.5. The number of rotatable bonds is 4. The maximum atomic E-state index is 6.29. The fourth-order valence-electron chi connectivity index (χ4n) is 6.13. The lowest BCUT2D eigenvalue weighted by Gasteiger charge is -2.16. The molecule has 1 aliphatic heterocycles. The maximum absolute atomic E-state index is 6.29. The lowest BCUT2D eigenvalue weighted by molar-refractivity contribution is 0.473. The Morgan fingerprint density at radius 3 is 2.40 bits per heavy atom. The number of pyridine rings is 1. The molecule has 3 nitrogen and oxygen atoms in total. The van der Waals surface area contributed by atoms with E-state index in [2.05, 4.69) is 119 Å². The molecule has 7 aromatic rings. The molecule has 0 unspecified atom stereocenters. The van der Waals surface area contributed by atoms with Crippen molar-refractivity contribution in [3.63, 3.8) is 0 Å². The van der Waals surface area contributed by atoms with Gasteiger partial charge < -0.3 is 9.30 Å². The van der Waals surface area contributed by atoms with Crippen LogP contribution in [0.15, 0.2) is 140 Å². The molecule has 0 saturated carbocycles. The zero-order chi connectivity index (χ0) is 28.0. The lowest BCUT2D eigenvalue weighted by Crippen LogP contribution is -2.27. The number of ether oxygens (including phenoxy) is 1. The van der Waals surface area contributed by atoms with Crippen LogP contribution in [-0.2, 0) is 0 Å². The fourth-order valence-corrected chi connectivity index (χ4v) is 6.13. The second-order valence-electron chi connectivity index (χ2n) is 10.5. The second kappa shape index (κ2) is 9.76. The Kier molecular flexibility index (Phi) is 5.61. The average Bonchev–Trinajstić information content (AvgIpc) is 3.38. The SMILES string of the molecule is C=C/C=c1/cccc2c1=Cc1cc(-c3ccc4c(c3)c3ccccc3n4-c3ccccc3-c3cccnc3)ccc1O2. The smallest absolute Gasteiger partial charge is 0.135 e. The predicted molar refractivity (Wildman–Crippen MR) is 173 cm³/mol. The summed E-state index contributed by atoms with van der Waals surface area (Å²) in [4.78, 5) is 4.38. The largest absolute Gasteiger partial charge is 0.456 e. The number of allylic oxidation sites excluding steroid dienone is 1.